The van der Waals surface area contributed by atoms with Gasteiger partial charge in [0.15, 0.2) is 0 Å². The summed E-state index contributed by atoms with van der Waals surface area (Å²) in [5.41, 5.74) is 0.662. The van der Waals surface area contributed by atoms with E-state index < -0.39 is 11.9 Å². The van der Waals surface area contributed by atoms with Crippen LogP contribution in [0.1, 0.15) is 25.3 Å². The fourth-order valence-corrected chi connectivity index (χ4v) is 6.33. The van der Waals surface area contributed by atoms with E-state index in [1.807, 2.05) is 6.92 Å². The molecule has 7 nitrogen and oxygen atoms in total. The van der Waals surface area contributed by atoms with Crippen molar-refractivity contribution in [3.05, 3.63) is 39.8 Å². The predicted octanol–water partition coefficient (Wildman–Crippen LogP) is 2.95. The summed E-state index contributed by atoms with van der Waals surface area (Å²) >= 11 is 8.60. The van der Waals surface area contributed by atoms with Gasteiger partial charge in [-0.05, 0) is 42.8 Å². The van der Waals surface area contributed by atoms with Crippen molar-refractivity contribution in [2.45, 2.75) is 30.7 Å². The Morgan fingerprint density at radius 1 is 1.33 bits per heavy atom. The largest absolute Gasteiger partial charge is 0.352 e. The highest BCUT2D eigenvalue weighted by molar-refractivity contribution is 8.18. The zero-order valence-corrected chi connectivity index (χ0v) is 18.6. The molecular formula is C20H20ClN3O4S2. The van der Waals surface area contributed by atoms with Gasteiger partial charge in [0.25, 0.3) is 11.1 Å². The molecular weight excluding hydrogens is 446 g/mol. The molecule has 10 heteroatoms. The lowest BCUT2D eigenvalue weighted by molar-refractivity contribution is -0.137. The molecule has 0 spiro atoms. The van der Waals surface area contributed by atoms with Crippen molar-refractivity contribution in [2.75, 3.05) is 18.8 Å². The van der Waals surface area contributed by atoms with E-state index in [0.717, 1.165) is 23.1 Å². The minimum Gasteiger partial charge on any atom is -0.352 e. The van der Waals surface area contributed by atoms with Gasteiger partial charge >= 0.3 is 0 Å². The summed E-state index contributed by atoms with van der Waals surface area (Å²) in [4.78, 5) is 52.4. The second-order valence-corrected chi connectivity index (χ2v) is 10.3. The number of carbonyl (C=O) groups excluding carboxylic acids is 4. The Morgan fingerprint density at radius 3 is 2.87 bits per heavy atom. The molecule has 3 fully saturated rings. The van der Waals surface area contributed by atoms with Crippen LogP contribution in [-0.2, 0) is 14.4 Å². The first-order valence-electron chi connectivity index (χ1n) is 9.54. The lowest BCUT2D eigenvalue weighted by atomic mass is 10.2. The molecule has 1 aromatic carbocycles. The van der Waals surface area contributed by atoms with Crippen LogP contribution in [0.25, 0.3) is 6.08 Å². The molecule has 4 amide bonds. The minimum atomic E-state index is -0.509. The quantitative estimate of drug-likeness (QED) is 0.673. The molecule has 3 aliphatic heterocycles. The fourth-order valence-electron chi connectivity index (χ4n) is 3.85. The molecule has 0 bridgehead atoms. The molecule has 3 saturated heterocycles. The second kappa shape index (κ2) is 8.28. The summed E-state index contributed by atoms with van der Waals surface area (Å²) < 4.78 is 0. The average Bonchev–Trinajstić information content (AvgIpc) is 3.30. The third kappa shape index (κ3) is 3.86. The van der Waals surface area contributed by atoms with Gasteiger partial charge in [-0.1, -0.05) is 29.8 Å². The van der Waals surface area contributed by atoms with Gasteiger partial charge in [-0.3, -0.25) is 24.1 Å². The zero-order valence-electron chi connectivity index (χ0n) is 16.2. The van der Waals surface area contributed by atoms with Crippen molar-refractivity contribution in [2.24, 2.45) is 0 Å². The SMILES string of the molecule is C[C@]12CCC(=O)N1[C@H](C(=O)NCCN1C(=O)S/C(=C\c3ccccc3Cl)C1=O)CS2. The van der Waals surface area contributed by atoms with E-state index in [1.165, 1.54) is 0 Å². The molecule has 0 aromatic heterocycles. The van der Waals surface area contributed by atoms with Crippen molar-refractivity contribution < 1.29 is 19.2 Å². The van der Waals surface area contributed by atoms with Gasteiger partial charge in [0.1, 0.15) is 6.04 Å². The summed E-state index contributed by atoms with van der Waals surface area (Å²) in [6.07, 6.45) is 2.80. The molecule has 0 aliphatic carbocycles. The highest BCUT2D eigenvalue weighted by Gasteiger charge is 2.52. The lowest BCUT2D eigenvalue weighted by Crippen LogP contribution is -2.51. The zero-order chi connectivity index (χ0) is 21.5. The summed E-state index contributed by atoms with van der Waals surface area (Å²) in [6, 6.07) is 6.56. The number of nitrogens with one attached hydrogen (secondary N) is 1. The monoisotopic (exact) mass is 465 g/mol. The lowest BCUT2D eigenvalue weighted by Gasteiger charge is -2.29. The number of nitrogens with zero attached hydrogens (tertiary/aromatic N) is 2. The van der Waals surface area contributed by atoms with Crippen LogP contribution < -0.4 is 5.32 Å². The van der Waals surface area contributed by atoms with Gasteiger partial charge in [0, 0.05) is 30.3 Å². The van der Waals surface area contributed by atoms with Crippen LogP contribution in [0.4, 0.5) is 4.79 Å². The maximum Gasteiger partial charge on any atom is 0.293 e. The van der Waals surface area contributed by atoms with E-state index in [-0.39, 0.29) is 35.0 Å². The highest BCUT2D eigenvalue weighted by atomic mass is 35.5. The number of hydrogen-bond donors (Lipinski definition) is 1. The number of thioether (sulfide) groups is 2. The second-order valence-electron chi connectivity index (χ2n) is 7.41. The maximum atomic E-state index is 12.6. The molecule has 2 atom stereocenters. The Balaban J connectivity index is 1.35. The molecule has 30 heavy (non-hydrogen) atoms. The Hall–Kier alpha value is -1.97. The van der Waals surface area contributed by atoms with Crippen LogP contribution in [0.5, 0.6) is 0 Å². The number of fused-ring (bicyclic) bond motifs is 1. The van der Waals surface area contributed by atoms with E-state index >= 15 is 0 Å². The van der Waals surface area contributed by atoms with Gasteiger partial charge < -0.3 is 10.2 Å². The molecule has 1 aromatic rings. The first-order valence-corrected chi connectivity index (χ1v) is 11.7. The number of benzene rings is 1. The van der Waals surface area contributed by atoms with Crippen LogP contribution >= 0.6 is 35.1 Å². The first kappa shape index (κ1) is 21.3. The number of hydrogen-bond acceptors (Lipinski definition) is 6. The number of halogens is 1. The average molecular weight is 466 g/mol. The van der Waals surface area contributed by atoms with Gasteiger partial charge in [0.05, 0.1) is 9.78 Å². The Bertz CT molecular complexity index is 969. The van der Waals surface area contributed by atoms with Crippen LogP contribution in [-0.4, -0.2) is 62.5 Å². The molecule has 1 N–H and O–H groups in total. The Kier molecular flexibility index (Phi) is 5.87. The summed E-state index contributed by atoms with van der Waals surface area (Å²) in [5, 5.41) is 2.89. The topological polar surface area (TPSA) is 86.8 Å². The van der Waals surface area contributed by atoms with Gasteiger partial charge in [-0.2, -0.15) is 0 Å². The molecule has 3 aliphatic rings. The van der Waals surface area contributed by atoms with Crippen LogP contribution in [0.15, 0.2) is 29.2 Å². The van der Waals surface area contributed by atoms with E-state index in [1.54, 1.807) is 47.0 Å². The molecule has 0 unspecified atom stereocenters. The first-order chi connectivity index (χ1) is 14.3. The summed E-state index contributed by atoms with van der Waals surface area (Å²) in [7, 11) is 0. The number of rotatable bonds is 5. The van der Waals surface area contributed by atoms with Crippen LogP contribution in [0.3, 0.4) is 0 Å². The maximum absolute atomic E-state index is 12.6. The van der Waals surface area contributed by atoms with Crippen molar-refractivity contribution in [1.29, 1.82) is 0 Å². The number of carbonyl (C=O) groups is 4. The van der Waals surface area contributed by atoms with Gasteiger partial charge in [0.2, 0.25) is 11.8 Å². The van der Waals surface area contributed by atoms with Crippen molar-refractivity contribution in [1.82, 2.24) is 15.1 Å². The molecule has 4 rings (SSSR count). The molecule has 0 saturated carbocycles. The van der Waals surface area contributed by atoms with Crippen molar-refractivity contribution in [3.8, 4) is 0 Å². The summed E-state index contributed by atoms with van der Waals surface area (Å²) in [5.74, 6) is -0.104. The van der Waals surface area contributed by atoms with E-state index in [9.17, 15) is 19.2 Å². The Labute approximate surface area is 187 Å². The normalized spacial score (nSPS) is 27.3. The standard InChI is InChI=1S/C20H20ClN3O4S2/c1-20-7-6-16(25)24(20)14(11-29-20)17(26)22-8-9-23-18(27)15(30-19(23)28)10-12-4-2-3-5-13(12)21/h2-5,10,14H,6-9,11H2,1H3,(H,22,26)/b15-10-/t14-,20-/m0/s1. The molecule has 158 valence electrons. The van der Waals surface area contributed by atoms with Gasteiger partial charge in [-0.25, -0.2) is 0 Å². The molecule has 3 heterocycles. The van der Waals surface area contributed by atoms with Gasteiger partial charge in [-0.15, -0.1) is 11.8 Å². The smallest absolute Gasteiger partial charge is 0.293 e. The fraction of sp³-hybridized carbons (Fsp3) is 0.400. The third-order valence-electron chi connectivity index (χ3n) is 5.45. The van der Waals surface area contributed by atoms with E-state index in [2.05, 4.69) is 5.32 Å². The van der Waals surface area contributed by atoms with Crippen molar-refractivity contribution >= 4 is 64.2 Å². The summed E-state index contributed by atoms with van der Waals surface area (Å²) in [6.45, 7) is 2.19. The Morgan fingerprint density at radius 2 is 2.10 bits per heavy atom. The van der Waals surface area contributed by atoms with E-state index in [0.29, 0.717) is 27.7 Å². The number of amides is 4. The third-order valence-corrected chi connectivity index (χ3v) is 8.20. The number of imide groups is 1. The molecule has 0 radical (unpaired) electrons. The minimum absolute atomic E-state index is 0.00157. The van der Waals surface area contributed by atoms with Crippen LogP contribution in [0.2, 0.25) is 5.02 Å². The predicted molar refractivity (Wildman–Crippen MR) is 118 cm³/mol. The highest BCUT2D eigenvalue weighted by Crippen LogP contribution is 2.47. The van der Waals surface area contributed by atoms with Crippen molar-refractivity contribution in [3.63, 3.8) is 0 Å². The van der Waals surface area contributed by atoms with E-state index in [4.69, 9.17) is 11.6 Å². The van der Waals surface area contributed by atoms with Crippen LogP contribution in [0, 0.1) is 0 Å².